The first-order valence-corrected chi connectivity index (χ1v) is 2.80. The van der Waals surface area contributed by atoms with Crippen LogP contribution < -0.4 is 0 Å². The molecule has 0 bridgehead atoms. The summed E-state index contributed by atoms with van der Waals surface area (Å²) in [7, 11) is 5.36. The molecular weight excluding hydrogens is 109 g/mol. The Bertz CT molecular complexity index is 217. The first-order valence-electron chi connectivity index (χ1n) is 2.80. The number of hydrogen-bond acceptors (Lipinski definition) is 1. The number of allylic oxidation sites excluding steroid dienone is 1. The maximum Gasteiger partial charge on any atom is 0.142 e. The summed E-state index contributed by atoms with van der Waals surface area (Å²) in [5.41, 5.74) is 0.492. The van der Waals surface area contributed by atoms with Gasteiger partial charge in [-0.3, -0.25) is 4.99 Å². The van der Waals surface area contributed by atoms with Gasteiger partial charge in [0, 0.05) is 6.21 Å². The molecule has 1 nitrogen and oxygen atoms in total. The van der Waals surface area contributed by atoms with E-state index in [1.165, 1.54) is 0 Å². The molecule has 1 heterocycles. The zero-order valence-corrected chi connectivity index (χ0v) is 5.26. The molecule has 0 N–H and O–H groups in total. The minimum atomic E-state index is 0.224. The fourth-order valence-electron chi connectivity index (χ4n) is 0.519. The quantitative estimate of drug-likeness (QED) is 0.325. The van der Waals surface area contributed by atoms with E-state index in [-0.39, 0.29) is 5.92 Å². The van der Waals surface area contributed by atoms with Crippen molar-refractivity contribution in [1.82, 2.24) is 0 Å². The predicted octanol–water partition coefficient (Wildman–Crippen LogP) is 0.720. The Labute approximate surface area is 56.3 Å². The summed E-state index contributed by atoms with van der Waals surface area (Å²) in [6.45, 7) is 1.98. The molecule has 2 radical (unpaired) electrons. The van der Waals surface area contributed by atoms with Crippen molar-refractivity contribution >= 4 is 14.1 Å². The van der Waals surface area contributed by atoms with Crippen LogP contribution in [-0.2, 0) is 0 Å². The summed E-state index contributed by atoms with van der Waals surface area (Å²) < 4.78 is 0. The molecular formula is C7H6BN. The van der Waals surface area contributed by atoms with Gasteiger partial charge in [0.1, 0.15) is 7.85 Å². The van der Waals surface area contributed by atoms with Gasteiger partial charge in [0.15, 0.2) is 0 Å². The molecule has 1 aliphatic heterocycles. The molecule has 1 unspecified atom stereocenters. The van der Waals surface area contributed by atoms with Crippen LogP contribution in [0.5, 0.6) is 0 Å². The Morgan fingerprint density at radius 1 is 1.78 bits per heavy atom. The standard InChI is InChI=1S/C7H6BN/c1-6-3-2-4-7(8)9-5-6/h4-6H,1H3. The van der Waals surface area contributed by atoms with Crippen LogP contribution in [0.4, 0.5) is 0 Å². The zero-order valence-electron chi connectivity index (χ0n) is 5.26. The predicted molar refractivity (Wildman–Crippen MR) is 39.3 cm³/mol. The molecule has 2 heteroatoms. The molecule has 0 amide bonds. The second-order valence-corrected chi connectivity index (χ2v) is 1.92. The van der Waals surface area contributed by atoms with Crippen molar-refractivity contribution < 1.29 is 0 Å². The topological polar surface area (TPSA) is 12.4 Å². The van der Waals surface area contributed by atoms with Crippen molar-refractivity contribution in [1.29, 1.82) is 0 Å². The van der Waals surface area contributed by atoms with Crippen molar-refractivity contribution in [3.05, 3.63) is 11.7 Å². The van der Waals surface area contributed by atoms with Gasteiger partial charge in [-0.15, -0.1) is 0 Å². The number of aliphatic imine (C=N–C) groups is 1. The van der Waals surface area contributed by atoms with E-state index in [9.17, 15) is 0 Å². The van der Waals surface area contributed by atoms with Gasteiger partial charge in [-0.05, 0) is 18.6 Å². The SMILES string of the molecule is [B]C1=CC#CC(C)C=N1. The summed E-state index contributed by atoms with van der Waals surface area (Å²) in [5, 5.41) is 0. The van der Waals surface area contributed by atoms with Gasteiger partial charge in [0.2, 0.25) is 0 Å². The summed E-state index contributed by atoms with van der Waals surface area (Å²) in [5.74, 6) is 5.93. The average molecular weight is 115 g/mol. The number of nitrogens with zero attached hydrogens (tertiary/aromatic N) is 1. The van der Waals surface area contributed by atoms with Gasteiger partial charge in [-0.1, -0.05) is 11.8 Å². The van der Waals surface area contributed by atoms with Crippen molar-refractivity contribution in [2.24, 2.45) is 10.9 Å². The largest absolute Gasteiger partial charge is 0.275 e. The maximum atomic E-state index is 5.36. The van der Waals surface area contributed by atoms with E-state index in [1.807, 2.05) is 6.92 Å². The second kappa shape index (κ2) is 2.54. The summed E-state index contributed by atoms with van der Waals surface area (Å²) in [4.78, 5) is 3.89. The van der Waals surface area contributed by atoms with E-state index >= 15 is 0 Å². The van der Waals surface area contributed by atoms with E-state index in [0.717, 1.165) is 0 Å². The van der Waals surface area contributed by atoms with E-state index < -0.39 is 0 Å². The molecule has 42 valence electrons. The normalized spacial score (nSPS) is 23.7. The Hall–Kier alpha value is -0.965. The highest BCUT2D eigenvalue weighted by Crippen LogP contribution is 1.95. The molecule has 1 atom stereocenters. The minimum absolute atomic E-state index is 0.224. The lowest BCUT2D eigenvalue weighted by atomic mass is 10.1. The van der Waals surface area contributed by atoms with Crippen LogP contribution in [0.3, 0.4) is 0 Å². The van der Waals surface area contributed by atoms with E-state index in [4.69, 9.17) is 7.85 Å². The lowest BCUT2D eigenvalue weighted by Gasteiger charge is -1.88. The van der Waals surface area contributed by atoms with Gasteiger partial charge in [-0.2, -0.15) is 0 Å². The summed E-state index contributed by atoms with van der Waals surface area (Å²) >= 11 is 0. The van der Waals surface area contributed by atoms with E-state index in [0.29, 0.717) is 5.60 Å². The van der Waals surface area contributed by atoms with Crippen LogP contribution in [0.1, 0.15) is 6.92 Å². The van der Waals surface area contributed by atoms with Crippen LogP contribution in [0.25, 0.3) is 0 Å². The Kier molecular flexibility index (Phi) is 1.74. The molecule has 0 saturated heterocycles. The fourth-order valence-corrected chi connectivity index (χ4v) is 0.519. The molecule has 0 aromatic heterocycles. The van der Waals surface area contributed by atoms with Crippen molar-refractivity contribution in [3.63, 3.8) is 0 Å². The first kappa shape index (κ1) is 6.16. The van der Waals surface area contributed by atoms with E-state index in [1.54, 1.807) is 12.3 Å². The van der Waals surface area contributed by atoms with Crippen molar-refractivity contribution in [3.8, 4) is 11.8 Å². The molecule has 9 heavy (non-hydrogen) atoms. The highest BCUT2D eigenvalue weighted by Gasteiger charge is 1.91. The fraction of sp³-hybridized carbons (Fsp3) is 0.286. The molecule has 0 fully saturated rings. The monoisotopic (exact) mass is 115 g/mol. The Morgan fingerprint density at radius 3 is 3.33 bits per heavy atom. The minimum Gasteiger partial charge on any atom is -0.275 e. The maximum absolute atomic E-state index is 5.36. The van der Waals surface area contributed by atoms with Crippen LogP contribution in [0, 0.1) is 17.8 Å². The van der Waals surface area contributed by atoms with Gasteiger partial charge < -0.3 is 0 Å². The van der Waals surface area contributed by atoms with Gasteiger partial charge in [-0.25, -0.2) is 0 Å². The van der Waals surface area contributed by atoms with Gasteiger partial charge in [0.05, 0.1) is 5.92 Å². The average Bonchev–Trinajstić information content (AvgIpc) is 1.97. The molecule has 0 aromatic carbocycles. The van der Waals surface area contributed by atoms with Crippen LogP contribution in [0.15, 0.2) is 16.7 Å². The molecule has 0 saturated carbocycles. The highest BCUT2D eigenvalue weighted by atomic mass is 14.7. The molecule has 0 aliphatic carbocycles. The molecule has 1 aliphatic rings. The van der Waals surface area contributed by atoms with Crippen LogP contribution in [0.2, 0.25) is 0 Å². The summed E-state index contributed by atoms with van der Waals surface area (Å²) in [6.07, 6.45) is 3.35. The third-order valence-corrected chi connectivity index (χ3v) is 0.978. The third kappa shape index (κ3) is 1.77. The van der Waals surface area contributed by atoms with Crippen molar-refractivity contribution in [2.45, 2.75) is 6.92 Å². The first-order chi connectivity index (χ1) is 4.29. The van der Waals surface area contributed by atoms with Crippen LogP contribution >= 0.6 is 0 Å². The number of rotatable bonds is 0. The molecule has 1 rings (SSSR count). The Morgan fingerprint density at radius 2 is 2.56 bits per heavy atom. The van der Waals surface area contributed by atoms with E-state index in [2.05, 4.69) is 16.8 Å². The third-order valence-electron chi connectivity index (χ3n) is 0.978. The zero-order chi connectivity index (χ0) is 6.69. The smallest absolute Gasteiger partial charge is 0.142 e. The lowest BCUT2D eigenvalue weighted by molar-refractivity contribution is 1.07. The lowest BCUT2D eigenvalue weighted by Crippen LogP contribution is -1.89. The molecule has 0 aromatic rings. The van der Waals surface area contributed by atoms with Gasteiger partial charge >= 0.3 is 0 Å². The molecule has 0 spiro atoms. The number of hydrogen-bond donors (Lipinski definition) is 0. The van der Waals surface area contributed by atoms with Crippen LogP contribution in [-0.4, -0.2) is 14.1 Å². The highest BCUT2D eigenvalue weighted by molar-refractivity contribution is 6.22. The van der Waals surface area contributed by atoms with Crippen molar-refractivity contribution in [2.75, 3.05) is 0 Å². The van der Waals surface area contributed by atoms with Gasteiger partial charge in [0.25, 0.3) is 0 Å². The second-order valence-electron chi connectivity index (χ2n) is 1.92. The Balaban J connectivity index is 2.82. The summed E-state index contributed by atoms with van der Waals surface area (Å²) in [6, 6.07) is 0.